The first-order valence-electron chi connectivity index (χ1n) is 7.24. The zero-order chi connectivity index (χ0) is 14.5. The van der Waals surface area contributed by atoms with Gasteiger partial charge in [-0.15, -0.1) is 0 Å². The molecular formula is C14H26N2O3. The van der Waals surface area contributed by atoms with E-state index in [4.69, 9.17) is 0 Å². The van der Waals surface area contributed by atoms with Gasteiger partial charge in [-0.05, 0) is 39.2 Å². The number of carboxylic acid groups (broad SMARTS) is 1. The highest BCUT2D eigenvalue weighted by Gasteiger charge is 2.47. The molecule has 2 atom stereocenters. The highest BCUT2D eigenvalue weighted by Crippen LogP contribution is 2.33. The second-order valence-electron chi connectivity index (χ2n) is 5.49. The number of nitrogens with one attached hydrogen (secondary N) is 1. The number of carboxylic acids is 1. The Morgan fingerprint density at radius 1 is 1.42 bits per heavy atom. The second kappa shape index (κ2) is 6.89. The maximum Gasteiger partial charge on any atom is 0.324 e. The number of likely N-dealkylation sites (tertiary alicyclic amines) is 1. The van der Waals surface area contributed by atoms with Gasteiger partial charge in [0.15, 0.2) is 0 Å². The van der Waals surface area contributed by atoms with Crippen molar-refractivity contribution in [1.29, 1.82) is 0 Å². The van der Waals surface area contributed by atoms with Gasteiger partial charge in [0, 0.05) is 6.04 Å². The van der Waals surface area contributed by atoms with Gasteiger partial charge >= 0.3 is 5.97 Å². The Morgan fingerprint density at radius 2 is 2.11 bits per heavy atom. The summed E-state index contributed by atoms with van der Waals surface area (Å²) in [6.45, 7) is 6.84. The monoisotopic (exact) mass is 270 g/mol. The Balaban J connectivity index is 2.69. The molecule has 0 aromatic rings. The van der Waals surface area contributed by atoms with Gasteiger partial charge in [-0.25, -0.2) is 0 Å². The quantitative estimate of drug-likeness (QED) is 0.737. The van der Waals surface area contributed by atoms with Crippen LogP contribution in [0.2, 0.25) is 0 Å². The third-order valence-corrected chi connectivity index (χ3v) is 4.04. The third-order valence-electron chi connectivity index (χ3n) is 4.04. The number of carbonyl (C=O) groups is 2. The van der Waals surface area contributed by atoms with Gasteiger partial charge in [-0.1, -0.05) is 20.3 Å². The number of nitrogens with zero attached hydrogens (tertiary/aromatic N) is 1. The van der Waals surface area contributed by atoms with E-state index in [1.54, 1.807) is 0 Å². The van der Waals surface area contributed by atoms with Crippen LogP contribution in [-0.2, 0) is 9.59 Å². The number of carbonyl (C=O) groups excluding carboxylic acids is 1. The summed E-state index contributed by atoms with van der Waals surface area (Å²) in [6, 6.07) is 0.139. The van der Waals surface area contributed by atoms with Crippen LogP contribution in [0.4, 0.5) is 0 Å². The molecule has 1 aliphatic heterocycles. The van der Waals surface area contributed by atoms with Gasteiger partial charge in [0.2, 0.25) is 5.91 Å². The normalized spacial score (nSPS) is 25.2. The summed E-state index contributed by atoms with van der Waals surface area (Å²) in [4.78, 5) is 25.4. The van der Waals surface area contributed by atoms with Crippen LogP contribution in [0.1, 0.15) is 52.9 Å². The minimum Gasteiger partial charge on any atom is -0.480 e. The zero-order valence-corrected chi connectivity index (χ0v) is 12.2. The number of amides is 1. The first-order valence-corrected chi connectivity index (χ1v) is 7.24. The lowest BCUT2D eigenvalue weighted by Gasteiger charge is -2.34. The molecular weight excluding hydrogens is 244 g/mol. The molecule has 0 aliphatic carbocycles. The third kappa shape index (κ3) is 3.69. The van der Waals surface area contributed by atoms with Crippen LogP contribution in [0.3, 0.4) is 0 Å². The molecule has 0 radical (unpaired) electrons. The van der Waals surface area contributed by atoms with Crippen molar-refractivity contribution in [2.75, 3.05) is 13.1 Å². The van der Waals surface area contributed by atoms with Gasteiger partial charge in [0.25, 0.3) is 0 Å². The summed E-state index contributed by atoms with van der Waals surface area (Å²) in [7, 11) is 0. The van der Waals surface area contributed by atoms with E-state index in [0.717, 1.165) is 19.3 Å². The van der Waals surface area contributed by atoms with E-state index in [1.165, 1.54) is 0 Å². The minimum atomic E-state index is -0.832. The van der Waals surface area contributed by atoms with Crippen LogP contribution in [0, 0.1) is 0 Å². The van der Waals surface area contributed by atoms with Crippen molar-refractivity contribution < 1.29 is 14.7 Å². The van der Waals surface area contributed by atoms with E-state index in [2.05, 4.69) is 5.32 Å². The maximum atomic E-state index is 11.9. The molecule has 1 rings (SSSR count). The largest absolute Gasteiger partial charge is 0.480 e. The van der Waals surface area contributed by atoms with Gasteiger partial charge in [-0.3, -0.25) is 14.5 Å². The van der Waals surface area contributed by atoms with Crippen LogP contribution in [0.5, 0.6) is 0 Å². The fourth-order valence-electron chi connectivity index (χ4n) is 2.81. The van der Waals surface area contributed by atoms with E-state index in [0.29, 0.717) is 19.4 Å². The van der Waals surface area contributed by atoms with Crippen LogP contribution in [-0.4, -0.2) is 46.6 Å². The average Bonchev–Trinajstić information content (AvgIpc) is 2.73. The summed E-state index contributed by atoms with van der Waals surface area (Å²) in [5.41, 5.74) is -0.832. The van der Waals surface area contributed by atoms with E-state index in [1.807, 2.05) is 25.7 Å². The SMILES string of the molecule is CCCC1(C(=O)O)CCCN1CC(=O)NC(C)CC. The molecule has 5 nitrogen and oxygen atoms in total. The summed E-state index contributed by atoms with van der Waals surface area (Å²) in [6.07, 6.45) is 3.80. The highest BCUT2D eigenvalue weighted by atomic mass is 16.4. The topological polar surface area (TPSA) is 69.6 Å². The molecule has 0 spiro atoms. The van der Waals surface area contributed by atoms with Crippen molar-refractivity contribution in [3.8, 4) is 0 Å². The molecule has 0 saturated carbocycles. The molecule has 1 amide bonds. The lowest BCUT2D eigenvalue weighted by molar-refractivity contribution is -0.151. The smallest absolute Gasteiger partial charge is 0.324 e. The van der Waals surface area contributed by atoms with Crippen molar-refractivity contribution in [3.63, 3.8) is 0 Å². The Morgan fingerprint density at radius 3 is 2.63 bits per heavy atom. The number of hydrogen-bond acceptors (Lipinski definition) is 3. The van der Waals surface area contributed by atoms with Gasteiger partial charge in [-0.2, -0.15) is 0 Å². The summed E-state index contributed by atoms with van der Waals surface area (Å²) >= 11 is 0. The predicted octanol–water partition coefficient (Wildman–Crippen LogP) is 1.62. The molecule has 0 aromatic heterocycles. The molecule has 1 fully saturated rings. The maximum absolute atomic E-state index is 11.9. The first-order chi connectivity index (χ1) is 8.96. The fourth-order valence-corrected chi connectivity index (χ4v) is 2.81. The van der Waals surface area contributed by atoms with Gasteiger partial charge in [0.05, 0.1) is 6.54 Å². The first kappa shape index (κ1) is 16.0. The van der Waals surface area contributed by atoms with Crippen LogP contribution in [0.25, 0.3) is 0 Å². The van der Waals surface area contributed by atoms with E-state index in [-0.39, 0.29) is 18.5 Å². The molecule has 1 heterocycles. The molecule has 19 heavy (non-hydrogen) atoms. The van der Waals surface area contributed by atoms with E-state index < -0.39 is 11.5 Å². The van der Waals surface area contributed by atoms with Crippen molar-refractivity contribution in [2.45, 2.75) is 64.5 Å². The molecule has 110 valence electrons. The molecule has 2 N–H and O–H groups in total. The van der Waals surface area contributed by atoms with Crippen LogP contribution < -0.4 is 5.32 Å². The molecule has 0 bridgehead atoms. The zero-order valence-electron chi connectivity index (χ0n) is 12.2. The fraction of sp³-hybridized carbons (Fsp3) is 0.857. The van der Waals surface area contributed by atoms with Crippen molar-refractivity contribution in [2.24, 2.45) is 0 Å². The molecule has 2 unspecified atom stereocenters. The van der Waals surface area contributed by atoms with E-state index in [9.17, 15) is 14.7 Å². The van der Waals surface area contributed by atoms with Crippen molar-refractivity contribution in [1.82, 2.24) is 10.2 Å². The Kier molecular flexibility index (Phi) is 5.79. The predicted molar refractivity (Wildman–Crippen MR) is 74.0 cm³/mol. The number of rotatable bonds is 7. The van der Waals surface area contributed by atoms with Crippen molar-refractivity contribution in [3.05, 3.63) is 0 Å². The van der Waals surface area contributed by atoms with Crippen LogP contribution >= 0.6 is 0 Å². The van der Waals surface area contributed by atoms with Crippen LogP contribution in [0.15, 0.2) is 0 Å². The van der Waals surface area contributed by atoms with Gasteiger partial charge < -0.3 is 10.4 Å². The number of hydrogen-bond donors (Lipinski definition) is 2. The Hall–Kier alpha value is -1.10. The number of aliphatic carboxylic acids is 1. The van der Waals surface area contributed by atoms with Crippen molar-refractivity contribution >= 4 is 11.9 Å². The molecule has 0 aromatic carbocycles. The molecule has 5 heteroatoms. The molecule has 1 saturated heterocycles. The van der Waals surface area contributed by atoms with E-state index >= 15 is 0 Å². The Bertz CT molecular complexity index is 333. The minimum absolute atomic E-state index is 0.0713. The summed E-state index contributed by atoms with van der Waals surface area (Å²) in [5.74, 6) is -0.860. The highest BCUT2D eigenvalue weighted by molar-refractivity contribution is 5.82. The second-order valence-corrected chi connectivity index (χ2v) is 5.49. The Labute approximate surface area is 115 Å². The van der Waals surface area contributed by atoms with Gasteiger partial charge in [0.1, 0.15) is 5.54 Å². The molecule has 1 aliphatic rings. The summed E-state index contributed by atoms with van der Waals surface area (Å²) in [5, 5.41) is 12.4. The average molecular weight is 270 g/mol. The lowest BCUT2D eigenvalue weighted by Crippen LogP contribution is -2.54. The lowest BCUT2D eigenvalue weighted by atomic mass is 9.90. The summed E-state index contributed by atoms with van der Waals surface area (Å²) < 4.78 is 0. The standard InChI is InChI=1S/C14H26N2O3/c1-4-7-14(13(18)19)8-6-9-16(14)10-12(17)15-11(3)5-2/h11H,4-10H2,1-3H3,(H,15,17)(H,18,19).